The third kappa shape index (κ3) is 3.51. The van der Waals surface area contributed by atoms with Gasteiger partial charge in [0.15, 0.2) is 0 Å². The average molecular weight is 275 g/mol. The van der Waals surface area contributed by atoms with Crippen LogP contribution in [0.1, 0.15) is 24.0 Å². The van der Waals surface area contributed by atoms with E-state index in [0.717, 1.165) is 31.6 Å². The van der Waals surface area contributed by atoms with Crippen molar-refractivity contribution in [2.75, 3.05) is 32.0 Å². The molecule has 0 unspecified atom stereocenters. The molecule has 1 heterocycles. The molecule has 0 bridgehead atoms. The van der Waals surface area contributed by atoms with E-state index in [9.17, 15) is 4.79 Å². The molecule has 2 rings (SSSR count). The zero-order valence-corrected chi connectivity index (χ0v) is 12.7. The molecule has 1 fully saturated rings. The zero-order valence-electron chi connectivity index (χ0n) is 12.7. The molecule has 1 aromatic rings. The monoisotopic (exact) mass is 275 g/mol. The standard InChI is InChI=1S/C16H25N3O/c1-12-5-4-6-13(2)16(12)18-11-15(20)19(3)14-7-9-17-10-8-14/h4-6,14,17-18H,7-11H2,1-3H3. The van der Waals surface area contributed by atoms with Crippen LogP contribution in [0.15, 0.2) is 18.2 Å². The molecular weight excluding hydrogens is 250 g/mol. The van der Waals surface area contributed by atoms with Gasteiger partial charge in [-0.2, -0.15) is 0 Å². The summed E-state index contributed by atoms with van der Waals surface area (Å²) in [6, 6.07) is 6.55. The number of aryl methyl sites for hydroxylation is 2. The summed E-state index contributed by atoms with van der Waals surface area (Å²) in [5.74, 6) is 0.166. The van der Waals surface area contributed by atoms with E-state index in [1.165, 1.54) is 11.1 Å². The Morgan fingerprint density at radius 2 is 1.90 bits per heavy atom. The SMILES string of the molecule is Cc1cccc(C)c1NCC(=O)N(C)C1CCNCC1. The Bertz CT molecular complexity index is 447. The highest BCUT2D eigenvalue weighted by atomic mass is 16.2. The van der Waals surface area contributed by atoms with Crippen molar-refractivity contribution in [1.82, 2.24) is 10.2 Å². The number of nitrogens with zero attached hydrogens (tertiary/aromatic N) is 1. The summed E-state index contributed by atoms with van der Waals surface area (Å²) in [6.45, 7) is 6.51. The number of amides is 1. The van der Waals surface area contributed by atoms with Gasteiger partial charge in [0.05, 0.1) is 6.54 Å². The van der Waals surface area contributed by atoms with Crippen molar-refractivity contribution in [3.63, 3.8) is 0 Å². The minimum Gasteiger partial charge on any atom is -0.376 e. The van der Waals surface area contributed by atoms with Crippen LogP contribution in [0.3, 0.4) is 0 Å². The van der Waals surface area contributed by atoms with Crippen LogP contribution in [-0.4, -0.2) is 43.5 Å². The lowest BCUT2D eigenvalue weighted by Gasteiger charge is -2.32. The van der Waals surface area contributed by atoms with Crippen LogP contribution in [0.2, 0.25) is 0 Å². The number of piperidine rings is 1. The smallest absolute Gasteiger partial charge is 0.241 e. The molecule has 0 atom stereocenters. The summed E-state index contributed by atoms with van der Waals surface area (Å²) in [6.07, 6.45) is 2.09. The molecule has 20 heavy (non-hydrogen) atoms. The maximum absolute atomic E-state index is 12.3. The molecule has 4 nitrogen and oxygen atoms in total. The van der Waals surface area contributed by atoms with Crippen LogP contribution in [0.25, 0.3) is 0 Å². The second-order valence-electron chi connectivity index (χ2n) is 5.61. The summed E-state index contributed by atoms with van der Waals surface area (Å²) in [5, 5.41) is 6.62. The second kappa shape index (κ2) is 6.75. The van der Waals surface area contributed by atoms with Gasteiger partial charge in [0.1, 0.15) is 0 Å². The Morgan fingerprint density at radius 3 is 2.50 bits per heavy atom. The summed E-state index contributed by atoms with van der Waals surface area (Å²) >= 11 is 0. The van der Waals surface area contributed by atoms with Crippen molar-refractivity contribution in [3.05, 3.63) is 29.3 Å². The molecule has 4 heteroatoms. The molecule has 1 saturated heterocycles. The second-order valence-corrected chi connectivity index (χ2v) is 5.61. The Hall–Kier alpha value is -1.55. The molecule has 0 radical (unpaired) electrons. The fourth-order valence-electron chi connectivity index (χ4n) is 2.78. The van der Waals surface area contributed by atoms with Crippen molar-refractivity contribution >= 4 is 11.6 Å². The van der Waals surface area contributed by atoms with Crippen LogP contribution >= 0.6 is 0 Å². The Kier molecular flexibility index (Phi) is 5.01. The van der Waals surface area contributed by atoms with Gasteiger partial charge in [0.25, 0.3) is 0 Å². The van der Waals surface area contributed by atoms with E-state index in [-0.39, 0.29) is 5.91 Å². The van der Waals surface area contributed by atoms with E-state index in [1.54, 1.807) is 0 Å². The minimum atomic E-state index is 0.166. The first kappa shape index (κ1) is 14.9. The number of benzene rings is 1. The Balaban J connectivity index is 1.91. The highest BCUT2D eigenvalue weighted by molar-refractivity contribution is 5.81. The molecule has 1 amide bonds. The summed E-state index contributed by atoms with van der Waals surface area (Å²) in [5.41, 5.74) is 3.45. The van der Waals surface area contributed by atoms with E-state index in [0.29, 0.717) is 12.6 Å². The lowest BCUT2D eigenvalue weighted by molar-refractivity contribution is -0.130. The van der Waals surface area contributed by atoms with Crippen molar-refractivity contribution < 1.29 is 4.79 Å². The molecule has 0 aliphatic carbocycles. The van der Waals surface area contributed by atoms with Crippen molar-refractivity contribution in [2.45, 2.75) is 32.7 Å². The minimum absolute atomic E-state index is 0.166. The van der Waals surface area contributed by atoms with E-state index in [1.807, 2.05) is 18.0 Å². The van der Waals surface area contributed by atoms with Gasteiger partial charge in [-0.3, -0.25) is 4.79 Å². The van der Waals surface area contributed by atoms with Crippen LogP contribution < -0.4 is 10.6 Å². The molecule has 2 N–H and O–H groups in total. The highest BCUT2D eigenvalue weighted by Crippen LogP contribution is 2.19. The normalized spacial score (nSPS) is 15.9. The molecule has 1 aliphatic rings. The number of hydrogen-bond donors (Lipinski definition) is 2. The number of carbonyl (C=O) groups is 1. The number of hydrogen-bond acceptors (Lipinski definition) is 3. The van der Waals surface area contributed by atoms with Crippen LogP contribution in [0.4, 0.5) is 5.69 Å². The topological polar surface area (TPSA) is 44.4 Å². The molecule has 0 spiro atoms. The largest absolute Gasteiger partial charge is 0.376 e. The van der Waals surface area contributed by atoms with Crippen molar-refractivity contribution in [1.29, 1.82) is 0 Å². The fourth-order valence-corrected chi connectivity index (χ4v) is 2.78. The molecule has 110 valence electrons. The predicted molar refractivity (Wildman–Crippen MR) is 83.1 cm³/mol. The van der Waals surface area contributed by atoms with Crippen LogP contribution in [0, 0.1) is 13.8 Å². The lowest BCUT2D eigenvalue weighted by atomic mass is 10.1. The number of carbonyl (C=O) groups excluding carboxylic acids is 1. The first-order valence-corrected chi connectivity index (χ1v) is 7.36. The number of anilines is 1. The van der Waals surface area contributed by atoms with Gasteiger partial charge in [-0.15, -0.1) is 0 Å². The van der Waals surface area contributed by atoms with Gasteiger partial charge < -0.3 is 15.5 Å². The molecular formula is C16H25N3O. The molecule has 0 aromatic heterocycles. The van der Waals surface area contributed by atoms with E-state index >= 15 is 0 Å². The van der Waals surface area contributed by atoms with Gasteiger partial charge in [-0.25, -0.2) is 0 Å². The van der Waals surface area contributed by atoms with Crippen LogP contribution in [-0.2, 0) is 4.79 Å². The average Bonchev–Trinajstić information content (AvgIpc) is 2.46. The Morgan fingerprint density at radius 1 is 1.30 bits per heavy atom. The first-order chi connectivity index (χ1) is 9.59. The van der Waals surface area contributed by atoms with Crippen molar-refractivity contribution in [2.24, 2.45) is 0 Å². The molecule has 1 aromatic carbocycles. The van der Waals surface area contributed by atoms with Gasteiger partial charge in [0, 0.05) is 18.8 Å². The quantitative estimate of drug-likeness (QED) is 0.882. The predicted octanol–water partition coefficient (Wildman–Crippen LogP) is 1.93. The third-order valence-corrected chi connectivity index (χ3v) is 4.15. The maximum atomic E-state index is 12.3. The van der Waals surface area contributed by atoms with Gasteiger partial charge >= 0.3 is 0 Å². The number of para-hydroxylation sites is 1. The first-order valence-electron chi connectivity index (χ1n) is 7.36. The van der Waals surface area contributed by atoms with Gasteiger partial charge in [-0.1, -0.05) is 18.2 Å². The molecule has 0 saturated carbocycles. The van der Waals surface area contributed by atoms with E-state index in [2.05, 4.69) is 36.6 Å². The fraction of sp³-hybridized carbons (Fsp3) is 0.562. The molecule has 1 aliphatic heterocycles. The lowest BCUT2D eigenvalue weighted by Crippen LogP contribution is -2.45. The van der Waals surface area contributed by atoms with E-state index < -0.39 is 0 Å². The summed E-state index contributed by atoms with van der Waals surface area (Å²) in [7, 11) is 1.92. The van der Waals surface area contributed by atoms with Crippen molar-refractivity contribution in [3.8, 4) is 0 Å². The number of nitrogens with one attached hydrogen (secondary N) is 2. The maximum Gasteiger partial charge on any atom is 0.241 e. The third-order valence-electron chi connectivity index (χ3n) is 4.15. The summed E-state index contributed by atoms with van der Waals surface area (Å²) < 4.78 is 0. The number of likely N-dealkylation sites (N-methyl/N-ethyl adjacent to an activating group) is 1. The van der Waals surface area contributed by atoms with Crippen LogP contribution in [0.5, 0.6) is 0 Å². The van der Waals surface area contributed by atoms with Gasteiger partial charge in [-0.05, 0) is 50.9 Å². The summed E-state index contributed by atoms with van der Waals surface area (Å²) in [4.78, 5) is 14.2. The zero-order chi connectivity index (χ0) is 14.5. The Labute approximate surface area is 121 Å². The van der Waals surface area contributed by atoms with E-state index in [4.69, 9.17) is 0 Å². The van der Waals surface area contributed by atoms with Gasteiger partial charge in [0.2, 0.25) is 5.91 Å². The number of rotatable bonds is 4. The highest BCUT2D eigenvalue weighted by Gasteiger charge is 2.21.